The molecule has 2 aromatic heterocycles. The summed E-state index contributed by atoms with van der Waals surface area (Å²) in [5.74, 6) is 0.932. The molecule has 0 aromatic carbocycles. The molecule has 5 heteroatoms. The van der Waals surface area contributed by atoms with Gasteiger partial charge in [-0.3, -0.25) is 4.68 Å². The van der Waals surface area contributed by atoms with Crippen LogP contribution in [-0.4, -0.2) is 16.3 Å². The van der Waals surface area contributed by atoms with Crippen LogP contribution in [0.3, 0.4) is 0 Å². The Morgan fingerprint density at radius 3 is 3.00 bits per heavy atom. The number of hydrogen-bond acceptors (Lipinski definition) is 3. The molecule has 2 heterocycles. The van der Waals surface area contributed by atoms with E-state index in [1.807, 2.05) is 17.7 Å². The number of halogens is 1. The molecule has 0 radical (unpaired) electrons. The summed E-state index contributed by atoms with van der Waals surface area (Å²) < 4.78 is 7.37. The van der Waals surface area contributed by atoms with E-state index in [1.54, 1.807) is 12.5 Å². The molecule has 2 rings (SSSR count). The number of rotatable bonds is 6. The molecule has 0 amide bonds. The molecule has 4 nitrogen and oxygen atoms in total. The van der Waals surface area contributed by atoms with Crippen LogP contribution in [0.5, 0.6) is 0 Å². The van der Waals surface area contributed by atoms with E-state index in [0.717, 1.165) is 31.0 Å². The highest BCUT2D eigenvalue weighted by Crippen LogP contribution is 2.17. The maximum atomic E-state index is 5.99. The summed E-state index contributed by atoms with van der Waals surface area (Å²) in [6, 6.07) is 2.00. The van der Waals surface area contributed by atoms with Crippen molar-refractivity contribution in [3.63, 3.8) is 0 Å². The average molecular weight is 268 g/mol. The van der Waals surface area contributed by atoms with Gasteiger partial charge < -0.3 is 9.73 Å². The second kappa shape index (κ2) is 6.07. The van der Waals surface area contributed by atoms with E-state index in [1.165, 1.54) is 5.56 Å². The van der Waals surface area contributed by atoms with Gasteiger partial charge >= 0.3 is 0 Å². The SMILES string of the molecule is CCCNCc1ccoc1Cn1ncc(Cl)c1C. The third-order valence-corrected chi connectivity index (χ3v) is 3.29. The van der Waals surface area contributed by atoms with E-state index < -0.39 is 0 Å². The molecule has 0 spiro atoms. The van der Waals surface area contributed by atoms with Crippen LogP contribution >= 0.6 is 11.6 Å². The van der Waals surface area contributed by atoms with Gasteiger partial charge in [0.25, 0.3) is 0 Å². The van der Waals surface area contributed by atoms with Crippen LogP contribution in [-0.2, 0) is 13.1 Å². The van der Waals surface area contributed by atoms with Crippen molar-refractivity contribution in [3.8, 4) is 0 Å². The Kier molecular flexibility index (Phi) is 4.44. The maximum Gasteiger partial charge on any atom is 0.129 e. The second-order valence-corrected chi connectivity index (χ2v) is 4.69. The Bertz CT molecular complexity index is 504. The Labute approximate surface area is 112 Å². The lowest BCUT2D eigenvalue weighted by Crippen LogP contribution is -2.15. The highest BCUT2D eigenvalue weighted by atomic mass is 35.5. The van der Waals surface area contributed by atoms with Crippen LogP contribution in [0.4, 0.5) is 0 Å². The number of nitrogens with zero attached hydrogens (tertiary/aromatic N) is 2. The summed E-state index contributed by atoms with van der Waals surface area (Å²) in [5, 5.41) is 8.29. The van der Waals surface area contributed by atoms with E-state index in [0.29, 0.717) is 11.6 Å². The second-order valence-electron chi connectivity index (χ2n) is 4.28. The van der Waals surface area contributed by atoms with Crippen LogP contribution in [0.1, 0.15) is 30.4 Å². The van der Waals surface area contributed by atoms with Crippen LogP contribution < -0.4 is 5.32 Å². The van der Waals surface area contributed by atoms with Crippen molar-refractivity contribution in [2.24, 2.45) is 0 Å². The fraction of sp³-hybridized carbons (Fsp3) is 0.462. The Morgan fingerprint density at radius 1 is 1.50 bits per heavy atom. The molecule has 0 fully saturated rings. The van der Waals surface area contributed by atoms with Gasteiger partial charge in [0.2, 0.25) is 0 Å². The molecule has 2 aromatic rings. The van der Waals surface area contributed by atoms with Gasteiger partial charge in [0.15, 0.2) is 0 Å². The zero-order valence-corrected chi connectivity index (χ0v) is 11.5. The first kappa shape index (κ1) is 13.2. The lowest BCUT2D eigenvalue weighted by molar-refractivity contribution is 0.469. The summed E-state index contributed by atoms with van der Waals surface area (Å²) in [4.78, 5) is 0. The minimum atomic E-state index is 0.620. The van der Waals surface area contributed by atoms with Crippen molar-refractivity contribution >= 4 is 11.6 Å². The largest absolute Gasteiger partial charge is 0.467 e. The van der Waals surface area contributed by atoms with Gasteiger partial charge in [-0.15, -0.1) is 0 Å². The highest BCUT2D eigenvalue weighted by Gasteiger charge is 2.10. The van der Waals surface area contributed by atoms with E-state index in [2.05, 4.69) is 17.3 Å². The standard InChI is InChI=1S/C13H18ClN3O/c1-3-5-15-7-11-4-6-18-13(11)9-17-10(2)12(14)8-16-17/h4,6,8,15H,3,5,7,9H2,1-2H3. The third-order valence-electron chi connectivity index (χ3n) is 2.92. The van der Waals surface area contributed by atoms with Crippen molar-refractivity contribution in [3.05, 3.63) is 40.6 Å². The summed E-state index contributed by atoms with van der Waals surface area (Å²) in [6.45, 7) is 6.56. The fourth-order valence-electron chi connectivity index (χ4n) is 1.78. The van der Waals surface area contributed by atoms with Gasteiger partial charge in [-0.25, -0.2) is 0 Å². The van der Waals surface area contributed by atoms with Crippen LogP contribution in [0.15, 0.2) is 22.9 Å². The van der Waals surface area contributed by atoms with Crippen molar-refractivity contribution in [1.29, 1.82) is 0 Å². The molecular weight excluding hydrogens is 250 g/mol. The molecule has 18 heavy (non-hydrogen) atoms. The van der Waals surface area contributed by atoms with Crippen molar-refractivity contribution in [1.82, 2.24) is 15.1 Å². The van der Waals surface area contributed by atoms with Gasteiger partial charge in [-0.2, -0.15) is 5.10 Å². The maximum absolute atomic E-state index is 5.99. The Hall–Kier alpha value is -1.26. The summed E-state index contributed by atoms with van der Waals surface area (Å²) >= 11 is 5.99. The van der Waals surface area contributed by atoms with E-state index in [4.69, 9.17) is 16.0 Å². The molecular formula is C13H18ClN3O. The van der Waals surface area contributed by atoms with Gasteiger partial charge in [0.1, 0.15) is 5.76 Å². The molecule has 0 aliphatic heterocycles. The van der Waals surface area contributed by atoms with E-state index >= 15 is 0 Å². The lowest BCUT2D eigenvalue weighted by Gasteiger charge is -2.06. The van der Waals surface area contributed by atoms with Gasteiger partial charge in [-0.1, -0.05) is 18.5 Å². The van der Waals surface area contributed by atoms with E-state index in [9.17, 15) is 0 Å². The molecule has 0 atom stereocenters. The third kappa shape index (κ3) is 2.94. The predicted molar refractivity (Wildman–Crippen MR) is 71.8 cm³/mol. The quantitative estimate of drug-likeness (QED) is 0.819. The van der Waals surface area contributed by atoms with Crippen molar-refractivity contribution in [2.75, 3.05) is 6.54 Å². The summed E-state index contributed by atoms with van der Waals surface area (Å²) in [5.41, 5.74) is 2.13. The summed E-state index contributed by atoms with van der Waals surface area (Å²) in [6.07, 6.45) is 4.51. The molecule has 0 aliphatic carbocycles. The monoisotopic (exact) mass is 267 g/mol. The minimum absolute atomic E-state index is 0.620. The normalized spacial score (nSPS) is 11.1. The average Bonchev–Trinajstić information content (AvgIpc) is 2.92. The molecule has 1 N–H and O–H groups in total. The lowest BCUT2D eigenvalue weighted by atomic mass is 10.2. The molecule has 0 saturated heterocycles. The van der Waals surface area contributed by atoms with Gasteiger partial charge in [-0.05, 0) is 26.0 Å². The first-order chi connectivity index (χ1) is 8.72. The Balaban J connectivity index is 2.05. The minimum Gasteiger partial charge on any atom is -0.467 e. The van der Waals surface area contributed by atoms with Crippen LogP contribution in [0.2, 0.25) is 5.02 Å². The highest BCUT2D eigenvalue weighted by molar-refractivity contribution is 6.31. The predicted octanol–water partition coefficient (Wildman–Crippen LogP) is 2.99. The number of hydrogen-bond donors (Lipinski definition) is 1. The molecule has 0 aliphatic rings. The fourth-order valence-corrected chi connectivity index (χ4v) is 1.92. The van der Waals surface area contributed by atoms with Gasteiger partial charge in [0, 0.05) is 12.1 Å². The van der Waals surface area contributed by atoms with Gasteiger partial charge in [0.05, 0.1) is 29.7 Å². The van der Waals surface area contributed by atoms with Crippen LogP contribution in [0, 0.1) is 6.92 Å². The molecule has 0 saturated carbocycles. The first-order valence-electron chi connectivity index (χ1n) is 6.16. The first-order valence-corrected chi connectivity index (χ1v) is 6.54. The van der Waals surface area contributed by atoms with Crippen molar-refractivity contribution < 1.29 is 4.42 Å². The zero-order valence-electron chi connectivity index (χ0n) is 10.7. The zero-order chi connectivity index (χ0) is 13.0. The number of nitrogens with one attached hydrogen (secondary N) is 1. The number of aromatic nitrogens is 2. The number of furan rings is 1. The molecule has 0 bridgehead atoms. The van der Waals surface area contributed by atoms with Crippen LogP contribution in [0.25, 0.3) is 0 Å². The topological polar surface area (TPSA) is 43.0 Å². The molecule has 98 valence electrons. The van der Waals surface area contributed by atoms with E-state index in [-0.39, 0.29) is 0 Å². The Morgan fingerprint density at radius 2 is 2.33 bits per heavy atom. The summed E-state index contributed by atoms with van der Waals surface area (Å²) in [7, 11) is 0. The van der Waals surface area contributed by atoms with Crippen molar-refractivity contribution in [2.45, 2.75) is 33.4 Å². The molecule has 0 unspecified atom stereocenters. The smallest absolute Gasteiger partial charge is 0.129 e.